The van der Waals surface area contributed by atoms with E-state index in [1.165, 1.54) is 6.92 Å². The Hall–Kier alpha value is -1.34. The van der Waals surface area contributed by atoms with E-state index in [-0.39, 0.29) is 27.9 Å². The summed E-state index contributed by atoms with van der Waals surface area (Å²) in [6, 6.07) is 0.940. The zero-order valence-corrected chi connectivity index (χ0v) is 13.3. The lowest BCUT2D eigenvalue weighted by Crippen LogP contribution is -2.40. The van der Waals surface area contributed by atoms with Crippen LogP contribution in [-0.2, 0) is 10.0 Å². The number of furan rings is 1. The molecule has 1 aliphatic rings. The fourth-order valence-corrected chi connectivity index (χ4v) is 4.37. The molecule has 1 aliphatic carbocycles. The van der Waals surface area contributed by atoms with E-state index in [9.17, 15) is 13.2 Å². The van der Waals surface area contributed by atoms with Crippen molar-refractivity contribution in [3.63, 3.8) is 0 Å². The van der Waals surface area contributed by atoms with Crippen LogP contribution in [0.15, 0.2) is 15.4 Å². The molecule has 2 rings (SSSR count). The molecule has 118 valence electrons. The van der Waals surface area contributed by atoms with E-state index in [0.717, 1.165) is 31.7 Å². The first-order chi connectivity index (χ1) is 9.61. The maximum Gasteiger partial charge on any atom is 0.371 e. The van der Waals surface area contributed by atoms with Crippen molar-refractivity contribution in [1.29, 1.82) is 0 Å². The van der Waals surface area contributed by atoms with Gasteiger partial charge in [-0.1, -0.05) is 20.3 Å². The van der Waals surface area contributed by atoms with Crippen LogP contribution in [0.5, 0.6) is 0 Å². The van der Waals surface area contributed by atoms with Crippen molar-refractivity contribution in [3.8, 4) is 0 Å². The van der Waals surface area contributed by atoms with Crippen LogP contribution in [0.3, 0.4) is 0 Å². The maximum atomic E-state index is 12.4. The van der Waals surface area contributed by atoms with Crippen molar-refractivity contribution in [2.24, 2.45) is 5.41 Å². The third-order valence-corrected chi connectivity index (χ3v) is 5.53. The van der Waals surface area contributed by atoms with Gasteiger partial charge in [0.25, 0.3) is 0 Å². The Bertz CT molecular complexity index is 644. The minimum atomic E-state index is -3.76. The molecule has 0 aromatic carbocycles. The van der Waals surface area contributed by atoms with Gasteiger partial charge in [0.15, 0.2) is 0 Å². The third kappa shape index (κ3) is 3.65. The summed E-state index contributed by atoms with van der Waals surface area (Å²) in [6.45, 7) is 5.70. The normalized spacial score (nSPS) is 22.1. The van der Waals surface area contributed by atoms with Crippen LogP contribution >= 0.6 is 0 Å². The predicted molar refractivity (Wildman–Crippen MR) is 76.8 cm³/mol. The Morgan fingerprint density at radius 1 is 1.48 bits per heavy atom. The molecule has 1 unspecified atom stereocenters. The topological polar surface area (TPSA) is 96.6 Å². The highest BCUT2D eigenvalue weighted by atomic mass is 32.2. The number of carboxylic acids is 1. The molecule has 0 saturated heterocycles. The van der Waals surface area contributed by atoms with Gasteiger partial charge in [0.05, 0.1) is 0 Å². The maximum absolute atomic E-state index is 12.4. The Kier molecular flexibility index (Phi) is 4.17. The van der Waals surface area contributed by atoms with Gasteiger partial charge in [-0.3, -0.25) is 0 Å². The first-order valence-corrected chi connectivity index (χ1v) is 8.45. The Balaban J connectivity index is 2.20. The van der Waals surface area contributed by atoms with Gasteiger partial charge in [0.2, 0.25) is 15.8 Å². The molecule has 0 aliphatic heterocycles. The van der Waals surface area contributed by atoms with Crippen LogP contribution in [0.1, 0.15) is 55.8 Å². The molecule has 6 nitrogen and oxygen atoms in total. The van der Waals surface area contributed by atoms with Crippen LogP contribution in [-0.4, -0.2) is 25.5 Å². The zero-order chi connectivity index (χ0) is 15.8. The van der Waals surface area contributed by atoms with Crippen LogP contribution < -0.4 is 4.72 Å². The molecule has 1 fully saturated rings. The van der Waals surface area contributed by atoms with Gasteiger partial charge < -0.3 is 9.52 Å². The van der Waals surface area contributed by atoms with Crippen LogP contribution in [0, 0.1) is 12.3 Å². The van der Waals surface area contributed by atoms with Gasteiger partial charge in [0.1, 0.15) is 10.7 Å². The number of sulfonamides is 1. The molecule has 2 N–H and O–H groups in total. The summed E-state index contributed by atoms with van der Waals surface area (Å²) >= 11 is 0. The largest absolute Gasteiger partial charge is 0.475 e. The highest BCUT2D eigenvalue weighted by molar-refractivity contribution is 7.89. The number of hydrogen-bond donors (Lipinski definition) is 2. The standard InChI is InChI=1S/C14H21NO5S/c1-9-12(7-11(20-9)13(16)17)21(18,19)15-10-5-4-6-14(2,3)8-10/h7,10,15H,4-6,8H2,1-3H3,(H,16,17). The summed E-state index contributed by atoms with van der Waals surface area (Å²) in [4.78, 5) is 10.8. The van der Waals surface area contributed by atoms with Crippen molar-refractivity contribution in [3.05, 3.63) is 17.6 Å². The first-order valence-electron chi connectivity index (χ1n) is 6.97. The molecule has 1 heterocycles. The Labute approximate surface area is 124 Å². The summed E-state index contributed by atoms with van der Waals surface area (Å²) < 4.78 is 32.5. The third-order valence-electron chi connectivity index (χ3n) is 3.90. The van der Waals surface area contributed by atoms with Crippen molar-refractivity contribution >= 4 is 16.0 Å². The fourth-order valence-electron chi connectivity index (χ4n) is 2.92. The van der Waals surface area contributed by atoms with Crippen LogP contribution in [0.25, 0.3) is 0 Å². The smallest absolute Gasteiger partial charge is 0.371 e. The number of aryl methyl sites for hydroxylation is 1. The number of hydrogen-bond acceptors (Lipinski definition) is 4. The van der Waals surface area contributed by atoms with Crippen molar-refractivity contribution in [2.75, 3.05) is 0 Å². The second-order valence-electron chi connectivity index (χ2n) is 6.42. The summed E-state index contributed by atoms with van der Waals surface area (Å²) in [5.41, 5.74) is 0.114. The zero-order valence-electron chi connectivity index (χ0n) is 12.5. The summed E-state index contributed by atoms with van der Waals surface area (Å²) in [5.74, 6) is -1.55. The average Bonchev–Trinajstić information content (AvgIpc) is 2.70. The van der Waals surface area contributed by atoms with Crippen molar-refractivity contribution in [2.45, 2.75) is 57.4 Å². The molecular formula is C14H21NO5S. The van der Waals surface area contributed by atoms with Gasteiger partial charge in [-0.05, 0) is 31.6 Å². The van der Waals surface area contributed by atoms with E-state index in [1.54, 1.807) is 0 Å². The van der Waals surface area contributed by atoms with E-state index in [2.05, 4.69) is 18.6 Å². The van der Waals surface area contributed by atoms with E-state index >= 15 is 0 Å². The predicted octanol–water partition coefficient (Wildman–Crippen LogP) is 2.53. The molecule has 1 atom stereocenters. The van der Waals surface area contributed by atoms with E-state index in [0.29, 0.717) is 0 Å². The molecule has 0 amide bonds. The van der Waals surface area contributed by atoms with Crippen LogP contribution in [0.2, 0.25) is 0 Å². The number of carbonyl (C=O) groups is 1. The van der Waals surface area contributed by atoms with Gasteiger partial charge in [-0.25, -0.2) is 17.9 Å². The molecule has 0 bridgehead atoms. The fraction of sp³-hybridized carbons (Fsp3) is 0.643. The van der Waals surface area contributed by atoms with Gasteiger partial charge in [-0.15, -0.1) is 0 Å². The lowest BCUT2D eigenvalue weighted by atomic mass is 9.75. The minimum absolute atomic E-state index is 0.0926. The number of carboxylic acid groups (broad SMARTS) is 1. The number of aromatic carboxylic acids is 1. The molecule has 1 aromatic heterocycles. The molecular weight excluding hydrogens is 294 g/mol. The second kappa shape index (κ2) is 5.46. The SMILES string of the molecule is Cc1oc(C(=O)O)cc1S(=O)(=O)NC1CCCC(C)(C)C1. The van der Waals surface area contributed by atoms with Gasteiger partial charge in [0, 0.05) is 12.1 Å². The number of nitrogens with one attached hydrogen (secondary N) is 1. The lowest BCUT2D eigenvalue weighted by molar-refractivity contribution is 0.0661. The van der Waals surface area contributed by atoms with Crippen LogP contribution in [0.4, 0.5) is 0 Å². The quantitative estimate of drug-likeness (QED) is 0.890. The molecule has 0 radical (unpaired) electrons. The molecule has 7 heteroatoms. The average molecular weight is 315 g/mol. The molecule has 1 aromatic rings. The first kappa shape index (κ1) is 16.0. The lowest BCUT2D eigenvalue weighted by Gasteiger charge is -2.35. The number of rotatable bonds is 4. The summed E-state index contributed by atoms with van der Waals surface area (Å²) in [6.07, 6.45) is 3.63. The second-order valence-corrected chi connectivity index (χ2v) is 8.10. The van der Waals surface area contributed by atoms with E-state index in [4.69, 9.17) is 9.52 Å². The monoisotopic (exact) mass is 315 g/mol. The van der Waals surface area contributed by atoms with Crippen molar-refractivity contribution < 1.29 is 22.7 Å². The van der Waals surface area contributed by atoms with E-state index in [1.807, 2.05) is 0 Å². The van der Waals surface area contributed by atoms with E-state index < -0.39 is 16.0 Å². The Morgan fingerprint density at radius 3 is 2.67 bits per heavy atom. The molecule has 21 heavy (non-hydrogen) atoms. The highest BCUT2D eigenvalue weighted by Crippen LogP contribution is 2.35. The highest BCUT2D eigenvalue weighted by Gasteiger charge is 2.32. The van der Waals surface area contributed by atoms with Gasteiger partial charge >= 0.3 is 5.97 Å². The molecule has 1 saturated carbocycles. The van der Waals surface area contributed by atoms with Gasteiger partial charge in [-0.2, -0.15) is 0 Å². The summed E-state index contributed by atoms with van der Waals surface area (Å²) in [7, 11) is -3.76. The minimum Gasteiger partial charge on any atom is -0.475 e. The summed E-state index contributed by atoms with van der Waals surface area (Å²) in [5, 5.41) is 8.87. The molecule has 0 spiro atoms. The Morgan fingerprint density at radius 2 is 2.14 bits per heavy atom. The van der Waals surface area contributed by atoms with Crippen molar-refractivity contribution in [1.82, 2.24) is 4.72 Å².